The van der Waals surface area contributed by atoms with E-state index in [2.05, 4.69) is 5.32 Å². The molecule has 86 valence electrons. The number of rotatable bonds is 3. The topological polar surface area (TPSA) is 38.3 Å². The molecule has 1 amide bonds. The summed E-state index contributed by atoms with van der Waals surface area (Å²) in [6.45, 7) is 0. The fourth-order valence-electron chi connectivity index (χ4n) is 1.85. The first kappa shape index (κ1) is 11.7. The van der Waals surface area contributed by atoms with Gasteiger partial charge in [-0.15, -0.1) is 23.5 Å². The number of benzene rings is 1. The fraction of sp³-hybridized carbons (Fsp3) is 0.364. The van der Waals surface area contributed by atoms with E-state index in [4.69, 9.17) is 4.74 Å². The third kappa shape index (κ3) is 1.50. The Balaban J connectivity index is 2.57. The van der Waals surface area contributed by atoms with Crippen LogP contribution in [0.2, 0.25) is 0 Å². The average molecular weight is 255 g/mol. The number of fused-ring (bicyclic) bond motifs is 1. The maximum absolute atomic E-state index is 12.0. The molecule has 16 heavy (non-hydrogen) atoms. The number of nitrogens with one attached hydrogen (secondary N) is 1. The van der Waals surface area contributed by atoms with Crippen molar-refractivity contribution in [1.29, 1.82) is 0 Å². The highest BCUT2D eigenvalue weighted by Crippen LogP contribution is 2.52. The molecule has 1 aliphatic rings. The Labute approximate surface area is 103 Å². The standard InChI is InChI=1S/C11H13NO2S2/c1-14-7-4-5-9-8(6-7)11(15-2,16-3)10(13)12-9/h4-6H,1-3H3,(H,12,13). The van der Waals surface area contributed by atoms with Gasteiger partial charge < -0.3 is 10.1 Å². The Hall–Kier alpha value is -0.810. The third-order valence-electron chi connectivity index (χ3n) is 2.70. The molecule has 5 heteroatoms. The SMILES string of the molecule is COc1ccc2c(c1)C(SC)(SC)C(=O)N2. The summed E-state index contributed by atoms with van der Waals surface area (Å²) in [5.74, 6) is 0.818. The largest absolute Gasteiger partial charge is 0.497 e. The second-order valence-corrected chi connectivity index (χ2v) is 5.69. The predicted molar refractivity (Wildman–Crippen MR) is 70.3 cm³/mol. The van der Waals surface area contributed by atoms with E-state index in [0.717, 1.165) is 17.0 Å². The quantitative estimate of drug-likeness (QED) is 0.842. The van der Waals surface area contributed by atoms with Crippen LogP contribution in [0.25, 0.3) is 0 Å². The maximum atomic E-state index is 12.0. The molecular formula is C11H13NO2S2. The van der Waals surface area contributed by atoms with Crippen LogP contribution in [0.3, 0.4) is 0 Å². The van der Waals surface area contributed by atoms with Gasteiger partial charge in [0.05, 0.1) is 7.11 Å². The molecule has 0 atom stereocenters. The van der Waals surface area contributed by atoms with Crippen molar-refractivity contribution in [3.8, 4) is 5.75 Å². The summed E-state index contributed by atoms with van der Waals surface area (Å²) < 4.78 is 4.66. The normalized spacial score (nSPS) is 16.8. The van der Waals surface area contributed by atoms with Crippen molar-refractivity contribution in [2.45, 2.75) is 4.08 Å². The second-order valence-electron chi connectivity index (χ2n) is 3.39. The summed E-state index contributed by atoms with van der Waals surface area (Å²) in [6.07, 6.45) is 3.90. The van der Waals surface area contributed by atoms with Gasteiger partial charge in [0.2, 0.25) is 0 Å². The molecule has 0 unspecified atom stereocenters. The van der Waals surface area contributed by atoms with Gasteiger partial charge in [0.25, 0.3) is 5.91 Å². The number of methoxy groups -OCH3 is 1. The minimum Gasteiger partial charge on any atom is -0.497 e. The number of amides is 1. The van der Waals surface area contributed by atoms with Crippen LogP contribution in [0.15, 0.2) is 18.2 Å². The molecule has 0 spiro atoms. The van der Waals surface area contributed by atoms with Crippen LogP contribution in [0.5, 0.6) is 5.75 Å². The Morgan fingerprint density at radius 1 is 1.31 bits per heavy atom. The molecule has 0 aliphatic carbocycles. The van der Waals surface area contributed by atoms with Crippen LogP contribution in [0.4, 0.5) is 5.69 Å². The molecule has 0 saturated carbocycles. The highest BCUT2D eigenvalue weighted by atomic mass is 32.2. The summed E-state index contributed by atoms with van der Waals surface area (Å²) in [5, 5.41) is 2.91. The predicted octanol–water partition coefficient (Wildman–Crippen LogP) is 2.53. The van der Waals surface area contributed by atoms with E-state index in [-0.39, 0.29) is 5.91 Å². The highest BCUT2D eigenvalue weighted by Gasteiger charge is 2.46. The molecule has 1 aromatic rings. The van der Waals surface area contributed by atoms with Crippen LogP contribution in [0.1, 0.15) is 5.56 Å². The number of hydrogen-bond donors (Lipinski definition) is 1. The van der Waals surface area contributed by atoms with E-state index in [1.807, 2.05) is 30.7 Å². The number of thioether (sulfide) groups is 2. The first-order valence-electron chi connectivity index (χ1n) is 4.78. The fourth-order valence-corrected chi connectivity index (χ4v) is 3.76. The first-order valence-corrected chi connectivity index (χ1v) is 7.23. The minimum absolute atomic E-state index is 0.0377. The molecule has 0 bridgehead atoms. The Morgan fingerprint density at radius 2 is 2.00 bits per heavy atom. The van der Waals surface area contributed by atoms with Crippen LogP contribution < -0.4 is 10.1 Å². The summed E-state index contributed by atoms with van der Waals surface area (Å²) in [7, 11) is 1.63. The molecular weight excluding hydrogens is 242 g/mol. The van der Waals surface area contributed by atoms with Crippen LogP contribution in [0, 0.1) is 0 Å². The van der Waals surface area contributed by atoms with E-state index >= 15 is 0 Å². The summed E-state index contributed by atoms with van der Waals surface area (Å²) in [5.41, 5.74) is 1.88. The lowest BCUT2D eigenvalue weighted by molar-refractivity contribution is -0.116. The van der Waals surface area contributed by atoms with E-state index in [1.165, 1.54) is 0 Å². The van der Waals surface area contributed by atoms with Gasteiger partial charge in [0.1, 0.15) is 5.75 Å². The number of carbonyl (C=O) groups excluding carboxylic acids is 1. The zero-order chi connectivity index (χ0) is 11.8. The molecule has 2 rings (SSSR count). The maximum Gasteiger partial charge on any atom is 0.255 e. The Kier molecular flexibility index (Phi) is 3.08. The second kappa shape index (κ2) is 4.22. The van der Waals surface area contributed by atoms with Crippen LogP contribution >= 0.6 is 23.5 Å². The summed E-state index contributed by atoms with van der Waals surface area (Å²) in [6, 6.07) is 5.68. The molecule has 3 nitrogen and oxygen atoms in total. The lowest BCUT2D eigenvalue weighted by Gasteiger charge is -2.22. The van der Waals surface area contributed by atoms with Crippen molar-refractivity contribution < 1.29 is 9.53 Å². The number of ether oxygens (including phenoxy) is 1. The lowest BCUT2D eigenvalue weighted by atomic mass is 10.1. The van der Waals surface area contributed by atoms with Crippen molar-refractivity contribution >= 4 is 35.1 Å². The van der Waals surface area contributed by atoms with Gasteiger partial charge in [0.15, 0.2) is 4.08 Å². The van der Waals surface area contributed by atoms with E-state index in [1.54, 1.807) is 30.6 Å². The Bertz CT molecular complexity index is 430. The van der Waals surface area contributed by atoms with Crippen molar-refractivity contribution in [3.05, 3.63) is 23.8 Å². The zero-order valence-corrected chi connectivity index (χ0v) is 11.0. The van der Waals surface area contributed by atoms with Gasteiger partial charge in [-0.25, -0.2) is 0 Å². The van der Waals surface area contributed by atoms with E-state index < -0.39 is 4.08 Å². The molecule has 1 aromatic carbocycles. The number of anilines is 1. The summed E-state index contributed by atoms with van der Waals surface area (Å²) in [4.78, 5) is 12.0. The van der Waals surface area contributed by atoms with Gasteiger partial charge in [-0.05, 0) is 30.7 Å². The van der Waals surface area contributed by atoms with Gasteiger partial charge in [-0.2, -0.15) is 0 Å². The van der Waals surface area contributed by atoms with Crippen molar-refractivity contribution in [2.24, 2.45) is 0 Å². The number of carbonyl (C=O) groups is 1. The van der Waals surface area contributed by atoms with Crippen LogP contribution in [-0.2, 0) is 8.87 Å². The molecule has 0 aromatic heterocycles. The Morgan fingerprint density at radius 3 is 2.56 bits per heavy atom. The molecule has 1 heterocycles. The average Bonchev–Trinajstić information content (AvgIpc) is 2.60. The van der Waals surface area contributed by atoms with Crippen LogP contribution in [-0.4, -0.2) is 25.5 Å². The molecule has 0 saturated heterocycles. The van der Waals surface area contributed by atoms with Crippen molar-refractivity contribution in [1.82, 2.24) is 0 Å². The zero-order valence-electron chi connectivity index (χ0n) is 9.37. The molecule has 0 radical (unpaired) electrons. The van der Waals surface area contributed by atoms with Gasteiger partial charge in [-0.3, -0.25) is 4.79 Å². The van der Waals surface area contributed by atoms with Crippen molar-refractivity contribution in [3.63, 3.8) is 0 Å². The van der Waals surface area contributed by atoms with Gasteiger partial charge in [-0.1, -0.05) is 0 Å². The van der Waals surface area contributed by atoms with Gasteiger partial charge in [0, 0.05) is 11.3 Å². The molecule has 1 N–H and O–H groups in total. The summed E-state index contributed by atoms with van der Waals surface area (Å²) >= 11 is 3.09. The highest BCUT2D eigenvalue weighted by molar-refractivity contribution is 8.18. The lowest BCUT2D eigenvalue weighted by Crippen LogP contribution is -2.26. The van der Waals surface area contributed by atoms with Crippen molar-refractivity contribution in [2.75, 3.05) is 24.9 Å². The molecule has 0 fully saturated rings. The number of hydrogen-bond acceptors (Lipinski definition) is 4. The van der Waals surface area contributed by atoms with Gasteiger partial charge >= 0.3 is 0 Å². The first-order chi connectivity index (χ1) is 7.67. The smallest absolute Gasteiger partial charge is 0.255 e. The van der Waals surface area contributed by atoms with E-state index in [0.29, 0.717) is 0 Å². The van der Waals surface area contributed by atoms with E-state index in [9.17, 15) is 4.79 Å². The minimum atomic E-state index is -0.538. The third-order valence-corrected chi connectivity index (χ3v) is 5.66. The monoisotopic (exact) mass is 255 g/mol. The molecule has 1 aliphatic heterocycles.